The summed E-state index contributed by atoms with van der Waals surface area (Å²) in [4.78, 5) is 18.3. The fraction of sp³-hybridized carbons (Fsp3) is 0.167. The van der Waals surface area contributed by atoms with Crippen LogP contribution in [0.4, 0.5) is 5.69 Å². The summed E-state index contributed by atoms with van der Waals surface area (Å²) in [6.07, 6.45) is 0. The Morgan fingerprint density at radius 1 is 1.20 bits per heavy atom. The van der Waals surface area contributed by atoms with Crippen LogP contribution in [0, 0.1) is 6.92 Å². The number of halogens is 1. The van der Waals surface area contributed by atoms with Gasteiger partial charge in [0.15, 0.2) is 6.61 Å². The first-order valence-electron chi connectivity index (χ1n) is 7.72. The van der Waals surface area contributed by atoms with E-state index in [0.29, 0.717) is 23.2 Å². The molecule has 0 radical (unpaired) electrons. The Bertz CT molecular complexity index is 937. The molecule has 1 amide bonds. The highest BCUT2D eigenvalue weighted by molar-refractivity contribution is 9.10. The second-order valence-electron chi connectivity index (χ2n) is 5.76. The van der Waals surface area contributed by atoms with Gasteiger partial charge < -0.3 is 9.26 Å². The molecule has 6 nitrogen and oxygen atoms in total. The minimum atomic E-state index is -0.139. The Balaban J connectivity index is 1.60. The molecule has 0 bridgehead atoms. The predicted molar refractivity (Wildman–Crippen MR) is 95.3 cm³/mol. The molecule has 1 aromatic heterocycles. The first-order chi connectivity index (χ1) is 12.1. The van der Waals surface area contributed by atoms with E-state index in [9.17, 15) is 4.79 Å². The minimum Gasteiger partial charge on any atom is -0.482 e. The van der Waals surface area contributed by atoms with E-state index in [1.54, 1.807) is 4.90 Å². The van der Waals surface area contributed by atoms with Crippen LogP contribution in [0.3, 0.4) is 0 Å². The molecule has 0 N–H and O–H groups in total. The average molecular weight is 400 g/mol. The summed E-state index contributed by atoms with van der Waals surface area (Å²) >= 11 is 3.40. The topological polar surface area (TPSA) is 68.5 Å². The van der Waals surface area contributed by atoms with Crippen molar-refractivity contribution in [2.45, 2.75) is 13.5 Å². The lowest BCUT2D eigenvalue weighted by Gasteiger charge is -2.28. The molecule has 3 aromatic rings. The van der Waals surface area contributed by atoms with E-state index in [1.165, 1.54) is 0 Å². The van der Waals surface area contributed by atoms with Gasteiger partial charge in [-0.3, -0.25) is 9.69 Å². The maximum Gasteiger partial charge on any atom is 0.265 e. The molecule has 0 fully saturated rings. The predicted octanol–water partition coefficient (Wildman–Crippen LogP) is 3.73. The standard InChI is InChI=1S/C18H14BrN3O3/c1-11-2-7-14-15(8-11)24-10-17(23)22(14)9-16-20-18(21-25-16)12-3-5-13(19)6-4-12/h2-8H,9-10H2,1H3. The Hall–Kier alpha value is -2.67. The summed E-state index contributed by atoms with van der Waals surface area (Å²) in [6, 6.07) is 13.3. The van der Waals surface area contributed by atoms with Crippen LogP contribution in [0.25, 0.3) is 11.4 Å². The minimum absolute atomic E-state index is 0.00413. The number of aryl methyl sites for hydroxylation is 1. The van der Waals surface area contributed by atoms with Crippen molar-refractivity contribution >= 4 is 27.5 Å². The van der Waals surface area contributed by atoms with E-state index >= 15 is 0 Å². The molecule has 2 aromatic carbocycles. The molecule has 0 saturated carbocycles. The number of aromatic nitrogens is 2. The number of carbonyl (C=O) groups is 1. The number of ether oxygens (including phenoxy) is 1. The number of fused-ring (bicyclic) bond motifs is 1. The number of hydrogen-bond acceptors (Lipinski definition) is 5. The van der Waals surface area contributed by atoms with Crippen LogP contribution in [-0.2, 0) is 11.3 Å². The van der Waals surface area contributed by atoms with E-state index in [-0.39, 0.29) is 19.1 Å². The molecule has 1 aliphatic heterocycles. The van der Waals surface area contributed by atoms with Gasteiger partial charge in [0.2, 0.25) is 11.7 Å². The number of carbonyl (C=O) groups excluding carboxylic acids is 1. The average Bonchev–Trinajstić information content (AvgIpc) is 3.07. The van der Waals surface area contributed by atoms with Crippen molar-refractivity contribution in [1.29, 1.82) is 0 Å². The molecule has 0 saturated heterocycles. The van der Waals surface area contributed by atoms with Gasteiger partial charge in [-0.1, -0.05) is 27.2 Å². The van der Waals surface area contributed by atoms with Gasteiger partial charge in [-0.25, -0.2) is 0 Å². The van der Waals surface area contributed by atoms with Gasteiger partial charge in [0.1, 0.15) is 12.3 Å². The molecule has 1 aliphatic rings. The first-order valence-corrected chi connectivity index (χ1v) is 8.52. The van der Waals surface area contributed by atoms with Crippen molar-refractivity contribution < 1.29 is 14.1 Å². The van der Waals surface area contributed by atoms with Crippen LogP contribution >= 0.6 is 15.9 Å². The van der Waals surface area contributed by atoms with Gasteiger partial charge in [-0.15, -0.1) is 0 Å². The SMILES string of the molecule is Cc1ccc2c(c1)OCC(=O)N2Cc1nc(-c2ccc(Br)cc2)no1. The maximum absolute atomic E-state index is 12.3. The number of amides is 1. The number of hydrogen-bond donors (Lipinski definition) is 0. The molecule has 7 heteroatoms. The summed E-state index contributed by atoms with van der Waals surface area (Å²) in [5, 5.41) is 4.01. The van der Waals surface area contributed by atoms with Crippen LogP contribution in [0.5, 0.6) is 5.75 Å². The second kappa shape index (κ2) is 6.33. The molecule has 126 valence electrons. The van der Waals surface area contributed by atoms with Gasteiger partial charge in [0.05, 0.1) is 5.69 Å². The molecule has 25 heavy (non-hydrogen) atoms. The number of benzene rings is 2. The summed E-state index contributed by atoms with van der Waals surface area (Å²) in [6.45, 7) is 2.19. The lowest BCUT2D eigenvalue weighted by atomic mass is 10.1. The Kier molecular flexibility index (Phi) is 4.01. The van der Waals surface area contributed by atoms with Crippen molar-refractivity contribution in [2.24, 2.45) is 0 Å². The number of nitrogens with zero attached hydrogens (tertiary/aromatic N) is 3. The molecule has 2 heterocycles. The molecular formula is C18H14BrN3O3. The van der Waals surface area contributed by atoms with Gasteiger partial charge in [0.25, 0.3) is 5.91 Å². The van der Waals surface area contributed by atoms with Crippen LogP contribution in [0.1, 0.15) is 11.5 Å². The van der Waals surface area contributed by atoms with Crippen LogP contribution in [0.2, 0.25) is 0 Å². The summed E-state index contributed by atoms with van der Waals surface area (Å²) in [7, 11) is 0. The zero-order chi connectivity index (χ0) is 17.4. The third-order valence-electron chi connectivity index (χ3n) is 3.92. The maximum atomic E-state index is 12.3. The van der Waals surface area contributed by atoms with Gasteiger partial charge >= 0.3 is 0 Å². The largest absolute Gasteiger partial charge is 0.482 e. The lowest BCUT2D eigenvalue weighted by molar-refractivity contribution is -0.121. The molecule has 0 unspecified atom stereocenters. The lowest BCUT2D eigenvalue weighted by Crippen LogP contribution is -2.38. The monoisotopic (exact) mass is 399 g/mol. The van der Waals surface area contributed by atoms with Gasteiger partial charge in [-0.05, 0) is 48.9 Å². The quantitative estimate of drug-likeness (QED) is 0.670. The zero-order valence-corrected chi connectivity index (χ0v) is 15.0. The third kappa shape index (κ3) is 3.15. The normalized spacial score (nSPS) is 13.5. The highest BCUT2D eigenvalue weighted by Gasteiger charge is 2.27. The third-order valence-corrected chi connectivity index (χ3v) is 4.45. The Labute approximate surface area is 152 Å². The van der Waals surface area contributed by atoms with Crippen LogP contribution in [0.15, 0.2) is 51.5 Å². The zero-order valence-electron chi connectivity index (χ0n) is 13.4. The fourth-order valence-electron chi connectivity index (χ4n) is 2.66. The van der Waals surface area contributed by atoms with Gasteiger partial charge in [0, 0.05) is 10.0 Å². The molecule has 4 rings (SSSR count). The fourth-order valence-corrected chi connectivity index (χ4v) is 2.92. The van der Waals surface area contributed by atoms with E-state index in [4.69, 9.17) is 9.26 Å². The number of anilines is 1. The van der Waals surface area contributed by atoms with Crippen molar-refractivity contribution in [3.05, 3.63) is 58.4 Å². The van der Waals surface area contributed by atoms with Crippen molar-refractivity contribution in [1.82, 2.24) is 10.1 Å². The molecule has 0 aliphatic carbocycles. The molecule has 0 spiro atoms. The molecule has 0 atom stereocenters. The Morgan fingerprint density at radius 3 is 2.80 bits per heavy atom. The summed E-state index contributed by atoms with van der Waals surface area (Å²) in [5.74, 6) is 1.42. The van der Waals surface area contributed by atoms with E-state index < -0.39 is 0 Å². The van der Waals surface area contributed by atoms with Crippen molar-refractivity contribution in [3.8, 4) is 17.1 Å². The summed E-state index contributed by atoms with van der Waals surface area (Å²) < 4.78 is 11.8. The van der Waals surface area contributed by atoms with Crippen molar-refractivity contribution in [3.63, 3.8) is 0 Å². The van der Waals surface area contributed by atoms with Crippen LogP contribution in [-0.4, -0.2) is 22.7 Å². The second-order valence-corrected chi connectivity index (χ2v) is 6.67. The van der Waals surface area contributed by atoms with E-state index in [1.807, 2.05) is 49.4 Å². The van der Waals surface area contributed by atoms with Crippen molar-refractivity contribution in [2.75, 3.05) is 11.5 Å². The van der Waals surface area contributed by atoms with Gasteiger partial charge in [-0.2, -0.15) is 4.98 Å². The Morgan fingerprint density at radius 2 is 2.00 bits per heavy atom. The van der Waals surface area contributed by atoms with E-state index in [2.05, 4.69) is 26.1 Å². The highest BCUT2D eigenvalue weighted by Crippen LogP contribution is 2.33. The highest BCUT2D eigenvalue weighted by atomic mass is 79.9. The first kappa shape index (κ1) is 15.8. The van der Waals surface area contributed by atoms with Crippen LogP contribution < -0.4 is 9.64 Å². The molecular weight excluding hydrogens is 386 g/mol. The van der Waals surface area contributed by atoms with E-state index in [0.717, 1.165) is 15.6 Å². The number of rotatable bonds is 3. The summed E-state index contributed by atoms with van der Waals surface area (Å²) in [5.41, 5.74) is 2.64. The smallest absolute Gasteiger partial charge is 0.265 e.